The summed E-state index contributed by atoms with van der Waals surface area (Å²) in [5, 5.41) is 2.63. The van der Waals surface area contributed by atoms with Gasteiger partial charge in [0.2, 0.25) is 10.0 Å². The first-order valence-corrected chi connectivity index (χ1v) is 14.3. The van der Waals surface area contributed by atoms with Crippen molar-refractivity contribution < 1.29 is 22.7 Å². The lowest BCUT2D eigenvalue weighted by Crippen LogP contribution is -2.49. The summed E-state index contributed by atoms with van der Waals surface area (Å²) in [6.07, 6.45) is 0. The highest BCUT2D eigenvalue weighted by Gasteiger charge is 2.30. The summed E-state index contributed by atoms with van der Waals surface area (Å²) in [7, 11) is -4.12. The number of hydrogen-bond donors (Lipinski definition) is 5. The summed E-state index contributed by atoms with van der Waals surface area (Å²) in [4.78, 5) is 30.9. The predicted molar refractivity (Wildman–Crippen MR) is 152 cm³/mol. The van der Waals surface area contributed by atoms with E-state index in [0.29, 0.717) is 21.7 Å². The average Bonchev–Trinajstić information content (AvgIpc) is 3.34. The molecule has 8 N–H and O–H groups in total. The number of carbonyl (C=O) groups excluding carboxylic acids is 2. The number of aliphatic imine (C=N–C) groups is 1. The fourth-order valence-electron chi connectivity index (χ4n) is 4.04. The predicted octanol–water partition coefficient (Wildman–Crippen LogP) is 1.82. The second kappa shape index (κ2) is 12.8. The highest BCUT2D eigenvalue weighted by molar-refractivity contribution is 7.89. The number of guanidine groups is 1. The van der Waals surface area contributed by atoms with E-state index >= 15 is 0 Å². The van der Waals surface area contributed by atoms with Crippen LogP contribution in [0.25, 0.3) is 10.4 Å². The van der Waals surface area contributed by atoms with Gasteiger partial charge in [-0.2, -0.15) is 4.72 Å². The monoisotopic (exact) mass is 572 g/mol. The zero-order chi connectivity index (χ0) is 28.7. The third-order valence-corrected chi connectivity index (χ3v) is 8.41. The number of nitrogens with zero attached hydrogens (tertiary/aromatic N) is 1. The molecule has 1 heterocycles. The van der Waals surface area contributed by atoms with E-state index in [1.54, 1.807) is 56.3 Å². The molecule has 0 unspecified atom stereocenters. The quantitative estimate of drug-likeness (QED) is 0.130. The summed E-state index contributed by atoms with van der Waals surface area (Å²) in [5.74, 6) is -1.40. The van der Waals surface area contributed by atoms with Crippen LogP contribution in [0.15, 0.2) is 58.4 Å². The minimum absolute atomic E-state index is 0.0656. The zero-order valence-electron chi connectivity index (χ0n) is 21.9. The minimum Gasteiger partial charge on any atom is -0.463 e. The molecule has 3 rings (SSSR count). The van der Waals surface area contributed by atoms with E-state index in [1.165, 1.54) is 11.3 Å². The van der Waals surface area contributed by atoms with Crippen LogP contribution < -0.4 is 27.2 Å². The van der Waals surface area contributed by atoms with Crippen molar-refractivity contribution in [1.29, 1.82) is 0 Å². The number of rotatable bonds is 11. The van der Waals surface area contributed by atoms with Gasteiger partial charge in [0.15, 0.2) is 5.96 Å². The molecule has 11 nitrogen and oxygen atoms in total. The van der Waals surface area contributed by atoms with Crippen LogP contribution in [0, 0.1) is 20.8 Å². The highest BCUT2D eigenvalue weighted by atomic mass is 32.2. The SMILES string of the molecule is Cc1cc(C)c(S(=O)(=O)N[C@@H](CNC(=O)c2ccc(-c3cccc(N=C(N)N)c3)s2)C(=O)OCCN)c(C)c1. The lowest BCUT2D eigenvalue weighted by molar-refractivity contribution is -0.145. The van der Waals surface area contributed by atoms with Crippen LogP contribution in [-0.2, 0) is 19.6 Å². The highest BCUT2D eigenvalue weighted by Crippen LogP contribution is 2.30. The van der Waals surface area contributed by atoms with Crippen molar-refractivity contribution >= 4 is 44.9 Å². The number of amides is 1. The Bertz CT molecular complexity index is 1470. The molecule has 13 heteroatoms. The standard InChI is InChI=1S/C26H32N6O5S2/c1-15-11-16(2)23(17(3)12-15)39(35,36)32-20(25(34)37-10-9-27)14-30-24(33)22-8-7-21(38-22)18-5-4-6-19(13-18)31-26(28)29/h4-8,11-13,20,32H,9-10,14,27H2,1-3H3,(H,30,33)(H4,28,29,31)/t20-/m0/s1. The van der Waals surface area contributed by atoms with Crippen LogP contribution >= 0.6 is 11.3 Å². The molecule has 0 aliphatic carbocycles. The largest absolute Gasteiger partial charge is 0.463 e. The maximum atomic E-state index is 13.3. The number of sulfonamides is 1. The topological polar surface area (TPSA) is 192 Å². The molecule has 208 valence electrons. The van der Waals surface area contributed by atoms with Crippen LogP contribution in [0.3, 0.4) is 0 Å². The van der Waals surface area contributed by atoms with Gasteiger partial charge in [-0.25, -0.2) is 13.4 Å². The second-order valence-electron chi connectivity index (χ2n) is 8.82. The minimum atomic E-state index is -4.12. The Kier molecular flexibility index (Phi) is 9.81. The van der Waals surface area contributed by atoms with Gasteiger partial charge in [0.25, 0.3) is 5.91 Å². The Balaban J connectivity index is 1.78. The Labute approximate surface area is 231 Å². The van der Waals surface area contributed by atoms with Gasteiger partial charge in [-0.15, -0.1) is 11.3 Å². The molecule has 0 spiro atoms. The number of benzene rings is 2. The van der Waals surface area contributed by atoms with Crippen molar-refractivity contribution in [3.05, 3.63) is 70.1 Å². The number of hydrogen-bond acceptors (Lipinski definition) is 8. The van der Waals surface area contributed by atoms with Crippen molar-refractivity contribution in [2.24, 2.45) is 22.2 Å². The summed E-state index contributed by atoms with van der Waals surface area (Å²) >= 11 is 1.22. The smallest absolute Gasteiger partial charge is 0.326 e. The Hall–Kier alpha value is -3.78. The summed E-state index contributed by atoms with van der Waals surface area (Å²) in [6.45, 7) is 4.86. The number of aryl methyl sites for hydroxylation is 3. The van der Waals surface area contributed by atoms with Crippen molar-refractivity contribution in [1.82, 2.24) is 10.0 Å². The van der Waals surface area contributed by atoms with Gasteiger partial charge >= 0.3 is 5.97 Å². The van der Waals surface area contributed by atoms with E-state index in [1.807, 2.05) is 13.0 Å². The summed E-state index contributed by atoms with van der Waals surface area (Å²) in [5.41, 5.74) is 19.7. The maximum Gasteiger partial charge on any atom is 0.326 e. The van der Waals surface area contributed by atoms with Gasteiger partial charge in [0.05, 0.1) is 15.5 Å². The molecule has 39 heavy (non-hydrogen) atoms. The number of nitrogens with one attached hydrogen (secondary N) is 2. The molecular weight excluding hydrogens is 540 g/mol. The number of esters is 1. The van der Waals surface area contributed by atoms with Crippen LogP contribution in [0.4, 0.5) is 5.69 Å². The van der Waals surface area contributed by atoms with E-state index in [2.05, 4.69) is 15.0 Å². The van der Waals surface area contributed by atoms with Gasteiger partial charge in [-0.05, 0) is 61.7 Å². The summed E-state index contributed by atoms with van der Waals surface area (Å²) < 4.78 is 34.0. The first-order valence-electron chi connectivity index (χ1n) is 12.0. The molecule has 0 saturated carbocycles. The second-order valence-corrected chi connectivity index (χ2v) is 11.6. The average molecular weight is 573 g/mol. The molecule has 1 atom stereocenters. The number of nitrogens with two attached hydrogens (primary N) is 3. The van der Waals surface area contributed by atoms with Crippen molar-refractivity contribution in [2.75, 3.05) is 19.7 Å². The molecule has 0 radical (unpaired) electrons. The van der Waals surface area contributed by atoms with Crippen molar-refractivity contribution in [3.63, 3.8) is 0 Å². The van der Waals surface area contributed by atoms with Crippen molar-refractivity contribution in [2.45, 2.75) is 31.7 Å². The van der Waals surface area contributed by atoms with Gasteiger partial charge in [0.1, 0.15) is 12.6 Å². The normalized spacial score (nSPS) is 12.0. The first-order chi connectivity index (χ1) is 18.4. The fourth-order valence-corrected chi connectivity index (χ4v) is 6.60. The Morgan fingerprint density at radius 1 is 1.05 bits per heavy atom. The Morgan fingerprint density at radius 3 is 2.38 bits per heavy atom. The van der Waals surface area contributed by atoms with Gasteiger partial charge in [0, 0.05) is 18.0 Å². The summed E-state index contributed by atoms with van der Waals surface area (Å²) in [6, 6.07) is 12.7. The molecule has 0 aliphatic rings. The molecule has 0 aliphatic heterocycles. The lowest BCUT2D eigenvalue weighted by Gasteiger charge is -2.20. The Morgan fingerprint density at radius 2 is 1.74 bits per heavy atom. The zero-order valence-corrected chi connectivity index (χ0v) is 23.5. The van der Waals surface area contributed by atoms with Crippen LogP contribution in [0.1, 0.15) is 26.4 Å². The maximum absolute atomic E-state index is 13.3. The fraction of sp³-hybridized carbons (Fsp3) is 0.269. The molecule has 2 aromatic carbocycles. The first kappa shape index (κ1) is 29.8. The van der Waals surface area contributed by atoms with Crippen LogP contribution in [-0.4, -0.2) is 52.0 Å². The van der Waals surface area contributed by atoms with Crippen LogP contribution in [0.5, 0.6) is 0 Å². The third-order valence-electron chi connectivity index (χ3n) is 5.50. The number of carbonyl (C=O) groups is 2. The van der Waals surface area contributed by atoms with Crippen molar-refractivity contribution in [3.8, 4) is 10.4 Å². The molecule has 1 aromatic heterocycles. The van der Waals surface area contributed by atoms with Crippen LogP contribution in [0.2, 0.25) is 0 Å². The van der Waals surface area contributed by atoms with E-state index in [9.17, 15) is 18.0 Å². The lowest BCUT2D eigenvalue weighted by atomic mass is 10.1. The molecule has 1 amide bonds. The van der Waals surface area contributed by atoms with E-state index < -0.39 is 27.9 Å². The van der Waals surface area contributed by atoms with Gasteiger partial charge in [-0.1, -0.05) is 29.8 Å². The molecule has 0 bridgehead atoms. The third kappa shape index (κ3) is 7.86. The molecule has 0 saturated heterocycles. The molecule has 3 aromatic rings. The van der Waals surface area contributed by atoms with Gasteiger partial charge in [-0.3, -0.25) is 9.59 Å². The van der Waals surface area contributed by atoms with E-state index in [0.717, 1.165) is 16.0 Å². The number of thiophene rings is 1. The number of ether oxygens (including phenoxy) is 1. The molecule has 0 fully saturated rings. The van der Waals surface area contributed by atoms with E-state index in [-0.39, 0.29) is 30.6 Å². The van der Waals surface area contributed by atoms with E-state index in [4.69, 9.17) is 21.9 Å². The van der Waals surface area contributed by atoms with Gasteiger partial charge < -0.3 is 27.3 Å². The molecular formula is C26H32N6O5S2.